The lowest BCUT2D eigenvalue weighted by molar-refractivity contribution is -0.130. The van der Waals surface area contributed by atoms with E-state index in [-0.39, 0.29) is 23.1 Å². The molecule has 2 heterocycles. The van der Waals surface area contributed by atoms with Gasteiger partial charge in [0, 0.05) is 9.79 Å². The van der Waals surface area contributed by atoms with Crippen molar-refractivity contribution in [2.45, 2.75) is 9.79 Å². The normalized spacial score (nSPS) is 15.8. The number of thiocarbonyl (C=S) groups is 1. The highest BCUT2D eigenvalue weighted by Crippen LogP contribution is 2.47. The molecule has 7 nitrogen and oxygen atoms in total. The molecule has 0 saturated carbocycles. The van der Waals surface area contributed by atoms with Crippen molar-refractivity contribution in [3.05, 3.63) is 120 Å². The van der Waals surface area contributed by atoms with Crippen LogP contribution in [-0.4, -0.2) is 34.4 Å². The van der Waals surface area contributed by atoms with Crippen molar-refractivity contribution in [2.24, 2.45) is 0 Å². The maximum atomic E-state index is 13.7. The summed E-state index contributed by atoms with van der Waals surface area (Å²) >= 11 is 7.23. The first kappa shape index (κ1) is 25.7. The molecule has 1 saturated heterocycles. The molecule has 2 aliphatic heterocycles. The van der Waals surface area contributed by atoms with E-state index in [1.54, 1.807) is 53.1 Å². The molecule has 40 heavy (non-hydrogen) atoms. The lowest BCUT2D eigenvalue weighted by Crippen LogP contribution is -2.62. The van der Waals surface area contributed by atoms with Gasteiger partial charge in [0.25, 0.3) is 11.8 Å². The third-order valence-corrected chi connectivity index (χ3v) is 7.94. The van der Waals surface area contributed by atoms with Crippen LogP contribution in [0.25, 0.3) is 6.08 Å². The molecule has 6 rings (SSSR count). The van der Waals surface area contributed by atoms with Crippen LogP contribution in [0.4, 0.5) is 17.1 Å². The molecule has 0 aliphatic carbocycles. The van der Waals surface area contributed by atoms with Crippen LogP contribution in [0, 0.1) is 0 Å². The number of nitrogens with one attached hydrogen (secondary N) is 1. The van der Waals surface area contributed by atoms with E-state index in [2.05, 4.69) is 5.43 Å². The summed E-state index contributed by atoms with van der Waals surface area (Å²) < 4.78 is 0. The Balaban J connectivity index is 1.33. The Bertz CT molecular complexity index is 1630. The number of anilines is 3. The predicted molar refractivity (Wildman–Crippen MR) is 160 cm³/mol. The largest absolute Gasteiger partial charge is 0.280 e. The first-order valence-corrected chi connectivity index (χ1v) is 13.7. The zero-order valence-electron chi connectivity index (χ0n) is 21.1. The van der Waals surface area contributed by atoms with Gasteiger partial charge in [0.1, 0.15) is 5.57 Å². The Morgan fingerprint density at radius 3 is 1.93 bits per heavy atom. The molecule has 0 spiro atoms. The number of nitrogens with zero attached hydrogens (tertiary/aromatic N) is 3. The fraction of sp³-hybridized carbons (Fsp3) is 0.0323. The van der Waals surface area contributed by atoms with Crippen molar-refractivity contribution in [3.63, 3.8) is 0 Å². The highest BCUT2D eigenvalue weighted by atomic mass is 32.2. The topological polar surface area (TPSA) is 73.0 Å². The van der Waals surface area contributed by atoms with E-state index in [0.29, 0.717) is 11.3 Å². The minimum absolute atomic E-state index is 0.0609. The van der Waals surface area contributed by atoms with Crippen molar-refractivity contribution >= 4 is 70.0 Å². The van der Waals surface area contributed by atoms with E-state index < -0.39 is 11.8 Å². The lowest BCUT2D eigenvalue weighted by atomic mass is 10.1. The maximum Gasteiger partial charge on any atom is 0.280 e. The molecule has 2 aliphatic rings. The van der Waals surface area contributed by atoms with Crippen LogP contribution in [0.15, 0.2) is 125 Å². The maximum absolute atomic E-state index is 13.7. The molecule has 0 atom stereocenters. The average molecular weight is 563 g/mol. The molecule has 0 aromatic heterocycles. The Labute approximate surface area is 240 Å². The molecule has 9 heteroatoms. The van der Waals surface area contributed by atoms with Crippen LogP contribution < -0.4 is 15.2 Å². The van der Waals surface area contributed by atoms with Gasteiger partial charge >= 0.3 is 0 Å². The van der Waals surface area contributed by atoms with Gasteiger partial charge in [0.15, 0.2) is 0 Å². The number of hydrazine groups is 1. The summed E-state index contributed by atoms with van der Waals surface area (Å²) in [6.45, 7) is -0.241. The van der Waals surface area contributed by atoms with Crippen molar-refractivity contribution < 1.29 is 14.4 Å². The van der Waals surface area contributed by atoms with Gasteiger partial charge in [-0.25, -0.2) is 10.4 Å². The van der Waals surface area contributed by atoms with Gasteiger partial charge in [-0.3, -0.25) is 24.2 Å². The van der Waals surface area contributed by atoms with Gasteiger partial charge in [-0.05, 0) is 60.3 Å². The first-order chi connectivity index (χ1) is 19.5. The summed E-state index contributed by atoms with van der Waals surface area (Å²) in [6.07, 6.45) is 1.53. The molecule has 4 aromatic rings. The molecule has 0 bridgehead atoms. The number of benzene rings is 4. The van der Waals surface area contributed by atoms with E-state index in [4.69, 9.17) is 12.2 Å². The number of hydrogen-bond acceptors (Lipinski definition) is 6. The van der Waals surface area contributed by atoms with Gasteiger partial charge in [-0.15, -0.1) is 0 Å². The monoisotopic (exact) mass is 562 g/mol. The van der Waals surface area contributed by atoms with Crippen molar-refractivity contribution in [2.75, 3.05) is 16.3 Å². The van der Waals surface area contributed by atoms with E-state index in [1.165, 1.54) is 11.0 Å². The second-order valence-electron chi connectivity index (χ2n) is 8.97. The second-order valence-corrected chi connectivity index (χ2v) is 10.4. The van der Waals surface area contributed by atoms with Crippen molar-refractivity contribution in [1.29, 1.82) is 0 Å². The van der Waals surface area contributed by atoms with Gasteiger partial charge in [-0.2, -0.15) is 0 Å². The predicted octanol–water partition coefficient (Wildman–Crippen LogP) is 5.56. The Morgan fingerprint density at radius 1 is 0.750 bits per heavy atom. The third-order valence-electron chi connectivity index (χ3n) is 6.44. The van der Waals surface area contributed by atoms with Crippen LogP contribution in [0.3, 0.4) is 0 Å². The number of hydrogen-bond donors (Lipinski definition) is 1. The van der Waals surface area contributed by atoms with Crippen LogP contribution in [0.1, 0.15) is 5.56 Å². The van der Waals surface area contributed by atoms with E-state index in [1.807, 2.05) is 72.8 Å². The molecular formula is C31H22N4O3S2. The summed E-state index contributed by atoms with van der Waals surface area (Å²) in [5, 5.41) is 1.04. The molecule has 3 amide bonds. The van der Waals surface area contributed by atoms with Crippen LogP contribution in [0.2, 0.25) is 0 Å². The molecule has 196 valence electrons. The Morgan fingerprint density at radius 2 is 1.30 bits per heavy atom. The smallest absolute Gasteiger partial charge is 0.278 e. The van der Waals surface area contributed by atoms with Gasteiger partial charge in [0.05, 0.1) is 23.6 Å². The fourth-order valence-electron chi connectivity index (χ4n) is 4.59. The zero-order valence-corrected chi connectivity index (χ0v) is 22.7. The molecule has 0 radical (unpaired) electrons. The first-order valence-electron chi connectivity index (χ1n) is 12.5. The van der Waals surface area contributed by atoms with Gasteiger partial charge < -0.3 is 0 Å². The third kappa shape index (κ3) is 4.71. The van der Waals surface area contributed by atoms with E-state index in [0.717, 1.165) is 26.2 Å². The lowest BCUT2D eigenvalue weighted by Gasteiger charge is -2.37. The minimum atomic E-state index is -0.631. The minimum Gasteiger partial charge on any atom is -0.278 e. The van der Waals surface area contributed by atoms with Gasteiger partial charge in [-0.1, -0.05) is 84.6 Å². The van der Waals surface area contributed by atoms with Crippen LogP contribution >= 0.6 is 24.0 Å². The van der Waals surface area contributed by atoms with Gasteiger partial charge in [0.2, 0.25) is 11.0 Å². The summed E-state index contributed by atoms with van der Waals surface area (Å²) in [6, 6.07) is 33.3. The van der Waals surface area contributed by atoms with Crippen LogP contribution in [0.5, 0.6) is 0 Å². The van der Waals surface area contributed by atoms with Crippen molar-refractivity contribution in [1.82, 2.24) is 10.4 Å². The number of para-hydroxylation sites is 3. The zero-order chi connectivity index (χ0) is 27.6. The standard InChI is InChI=1S/C31H22N4O3S2/c36-28(34-24-15-7-9-17-26(24)40-27-18-10-8-16-25(27)34)20-32-35-30(38)23(19-21-11-3-1-4-12-21)29(37)33(31(35)39)22-13-5-2-6-14-22/h1-19,32H,20H2/b23-19+. The fourth-order valence-corrected chi connectivity index (χ4v) is 5.98. The average Bonchev–Trinajstić information content (AvgIpc) is 2.99. The highest BCUT2D eigenvalue weighted by molar-refractivity contribution is 7.99. The Kier molecular flexibility index (Phi) is 7.00. The molecular weight excluding hydrogens is 541 g/mol. The summed E-state index contributed by atoms with van der Waals surface area (Å²) in [4.78, 5) is 45.8. The van der Waals surface area contributed by atoms with Crippen LogP contribution in [-0.2, 0) is 14.4 Å². The second kappa shape index (κ2) is 10.9. The summed E-state index contributed by atoms with van der Waals surface area (Å²) in [5.41, 5.74) is 5.57. The van der Waals surface area contributed by atoms with E-state index >= 15 is 0 Å². The number of rotatable bonds is 5. The highest BCUT2D eigenvalue weighted by Gasteiger charge is 2.41. The molecule has 1 fully saturated rings. The summed E-state index contributed by atoms with van der Waals surface area (Å²) in [5.74, 6) is -1.45. The number of carbonyl (C=O) groups excluding carboxylic acids is 3. The van der Waals surface area contributed by atoms with E-state index in [9.17, 15) is 14.4 Å². The summed E-state index contributed by atoms with van der Waals surface area (Å²) in [7, 11) is 0. The number of amides is 3. The molecule has 0 unspecified atom stereocenters. The Hall–Kier alpha value is -4.57. The molecule has 1 N–H and O–H groups in total. The molecule has 4 aromatic carbocycles. The van der Waals surface area contributed by atoms with Crippen molar-refractivity contribution in [3.8, 4) is 0 Å². The quantitative estimate of drug-likeness (QED) is 0.195. The number of carbonyl (C=O) groups is 3. The number of fused-ring (bicyclic) bond motifs is 2. The SMILES string of the molecule is O=C1/C(=C/c2ccccc2)C(=O)N(c2ccccc2)C(=S)N1NCC(=O)N1c2ccccc2Sc2ccccc21.